The lowest BCUT2D eigenvalue weighted by molar-refractivity contribution is -0.147. The third-order valence-corrected chi connectivity index (χ3v) is 4.72. The van der Waals surface area contributed by atoms with Gasteiger partial charge in [-0.2, -0.15) is 0 Å². The summed E-state index contributed by atoms with van der Waals surface area (Å²) in [6.45, 7) is 1.01. The van der Waals surface area contributed by atoms with E-state index in [2.05, 4.69) is 5.32 Å². The Kier molecular flexibility index (Phi) is 4.05. The first kappa shape index (κ1) is 13.6. The van der Waals surface area contributed by atoms with E-state index < -0.39 is 0 Å². The summed E-state index contributed by atoms with van der Waals surface area (Å²) >= 11 is 7.75. The van der Waals surface area contributed by atoms with Gasteiger partial charge in [-0.25, -0.2) is 4.79 Å². The summed E-state index contributed by atoms with van der Waals surface area (Å²) in [6, 6.07) is 9.03. The molecule has 1 aliphatic rings. The van der Waals surface area contributed by atoms with Crippen LogP contribution in [-0.2, 0) is 22.6 Å². The Morgan fingerprint density at radius 3 is 3.10 bits per heavy atom. The third-order valence-electron chi connectivity index (χ3n) is 3.35. The second kappa shape index (κ2) is 5.95. The molecule has 0 radical (unpaired) electrons. The maximum absolute atomic E-state index is 12.2. The van der Waals surface area contributed by atoms with Crippen molar-refractivity contribution in [2.75, 3.05) is 6.54 Å². The van der Waals surface area contributed by atoms with Gasteiger partial charge in [0.2, 0.25) is 0 Å². The molecule has 1 aromatic carbocycles. The van der Waals surface area contributed by atoms with E-state index in [0.29, 0.717) is 5.02 Å². The van der Waals surface area contributed by atoms with Crippen molar-refractivity contribution in [2.24, 2.45) is 0 Å². The Labute approximate surface area is 126 Å². The Morgan fingerprint density at radius 2 is 2.25 bits per heavy atom. The number of ether oxygens (including phenoxy) is 1. The molecule has 1 N–H and O–H groups in total. The number of hydrogen-bond acceptors (Lipinski definition) is 4. The fraction of sp³-hybridized carbons (Fsp3) is 0.267. The molecule has 0 aliphatic carbocycles. The van der Waals surface area contributed by atoms with Gasteiger partial charge in [0.25, 0.3) is 0 Å². The van der Waals surface area contributed by atoms with E-state index >= 15 is 0 Å². The van der Waals surface area contributed by atoms with Gasteiger partial charge in [-0.15, -0.1) is 11.3 Å². The highest BCUT2D eigenvalue weighted by molar-refractivity contribution is 7.10. The number of fused-ring (bicyclic) bond motifs is 1. The van der Waals surface area contributed by atoms with Crippen molar-refractivity contribution < 1.29 is 9.53 Å². The second-order valence-electron chi connectivity index (χ2n) is 4.64. The van der Waals surface area contributed by atoms with Gasteiger partial charge in [0, 0.05) is 22.0 Å². The lowest BCUT2D eigenvalue weighted by Crippen LogP contribution is -2.35. The van der Waals surface area contributed by atoms with Crippen molar-refractivity contribution in [1.82, 2.24) is 5.32 Å². The molecule has 0 bridgehead atoms. The fourth-order valence-electron chi connectivity index (χ4n) is 2.31. The molecule has 1 aromatic heterocycles. The Morgan fingerprint density at radius 1 is 1.40 bits per heavy atom. The monoisotopic (exact) mass is 307 g/mol. The summed E-state index contributed by atoms with van der Waals surface area (Å²) in [7, 11) is 0. The van der Waals surface area contributed by atoms with E-state index in [1.807, 2.05) is 29.6 Å². The van der Waals surface area contributed by atoms with Crippen molar-refractivity contribution in [1.29, 1.82) is 0 Å². The van der Waals surface area contributed by atoms with Crippen LogP contribution in [-0.4, -0.2) is 12.5 Å². The van der Waals surface area contributed by atoms with Crippen molar-refractivity contribution in [3.05, 3.63) is 56.7 Å². The number of halogens is 1. The number of rotatable bonds is 3. The molecule has 0 amide bonds. The zero-order valence-corrected chi connectivity index (χ0v) is 12.3. The van der Waals surface area contributed by atoms with Gasteiger partial charge in [0.15, 0.2) is 0 Å². The molecule has 2 aromatic rings. The number of esters is 1. The van der Waals surface area contributed by atoms with Crippen molar-refractivity contribution in [3.63, 3.8) is 0 Å². The number of benzene rings is 1. The summed E-state index contributed by atoms with van der Waals surface area (Å²) < 4.78 is 5.39. The lowest BCUT2D eigenvalue weighted by Gasteiger charge is -2.22. The Balaban J connectivity index is 1.68. The maximum Gasteiger partial charge on any atom is 0.328 e. The van der Waals surface area contributed by atoms with Gasteiger partial charge in [0.05, 0.1) is 0 Å². The molecule has 0 saturated heterocycles. The van der Waals surface area contributed by atoms with Crippen molar-refractivity contribution in [3.8, 4) is 0 Å². The number of carbonyl (C=O) groups excluding carboxylic acids is 1. The van der Waals surface area contributed by atoms with Crippen molar-refractivity contribution in [2.45, 2.75) is 19.1 Å². The molecule has 3 rings (SSSR count). The van der Waals surface area contributed by atoms with Crippen LogP contribution in [0, 0.1) is 0 Å². The molecule has 2 heterocycles. The highest BCUT2D eigenvalue weighted by atomic mass is 35.5. The summed E-state index contributed by atoms with van der Waals surface area (Å²) in [5.41, 5.74) is 1.87. The quantitative estimate of drug-likeness (QED) is 0.884. The van der Waals surface area contributed by atoms with Crippen LogP contribution in [0.15, 0.2) is 35.7 Å². The average molecular weight is 308 g/mol. The number of hydrogen-bond donors (Lipinski definition) is 1. The van der Waals surface area contributed by atoms with Gasteiger partial charge < -0.3 is 10.1 Å². The summed E-state index contributed by atoms with van der Waals surface area (Å²) in [5, 5.41) is 5.85. The predicted molar refractivity (Wildman–Crippen MR) is 80.0 cm³/mol. The molecule has 0 fully saturated rings. The molecule has 20 heavy (non-hydrogen) atoms. The zero-order chi connectivity index (χ0) is 13.9. The number of thiophene rings is 1. The van der Waals surface area contributed by atoms with Gasteiger partial charge in [-0.05, 0) is 29.5 Å². The third kappa shape index (κ3) is 2.73. The van der Waals surface area contributed by atoms with Crippen LogP contribution in [0.2, 0.25) is 5.02 Å². The molecule has 1 unspecified atom stereocenters. The van der Waals surface area contributed by atoms with Gasteiger partial charge >= 0.3 is 5.97 Å². The van der Waals surface area contributed by atoms with Crippen LogP contribution in [0.5, 0.6) is 0 Å². The van der Waals surface area contributed by atoms with Gasteiger partial charge in [-0.3, -0.25) is 0 Å². The van der Waals surface area contributed by atoms with E-state index in [-0.39, 0.29) is 18.6 Å². The normalized spacial score (nSPS) is 17.6. The highest BCUT2D eigenvalue weighted by Crippen LogP contribution is 2.28. The standard InChI is InChI=1S/C15H14ClNO2S/c16-12-4-2-1-3-10(12)9-19-15(18)14-11-6-8-20-13(11)5-7-17-14/h1-4,6,8,14,17H,5,7,9H2. The number of nitrogens with one attached hydrogen (secondary N) is 1. The predicted octanol–water partition coefficient (Wildman–Crippen LogP) is 3.33. The molecular weight excluding hydrogens is 294 g/mol. The summed E-state index contributed by atoms with van der Waals surface area (Å²) in [4.78, 5) is 13.5. The first-order valence-corrected chi connectivity index (χ1v) is 7.71. The molecule has 5 heteroatoms. The van der Waals surface area contributed by atoms with Crippen LogP contribution in [0.4, 0.5) is 0 Å². The van der Waals surface area contributed by atoms with Crippen LogP contribution in [0.3, 0.4) is 0 Å². The van der Waals surface area contributed by atoms with Crippen LogP contribution in [0.25, 0.3) is 0 Å². The average Bonchev–Trinajstić information content (AvgIpc) is 2.94. The lowest BCUT2D eigenvalue weighted by atomic mass is 10.0. The van der Waals surface area contributed by atoms with E-state index in [1.54, 1.807) is 17.4 Å². The topological polar surface area (TPSA) is 38.3 Å². The van der Waals surface area contributed by atoms with Crippen LogP contribution < -0.4 is 5.32 Å². The molecule has 3 nitrogen and oxygen atoms in total. The molecule has 1 aliphatic heterocycles. The van der Waals surface area contributed by atoms with Crippen molar-refractivity contribution >= 4 is 28.9 Å². The first-order chi connectivity index (χ1) is 9.75. The van der Waals surface area contributed by atoms with E-state index in [4.69, 9.17) is 16.3 Å². The van der Waals surface area contributed by atoms with Gasteiger partial charge in [-0.1, -0.05) is 29.8 Å². The molecule has 0 saturated carbocycles. The van der Waals surface area contributed by atoms with E-state index in [0.717, 1.165) is 24.1 Å². The van der Waals surface area contributed by atoms with Gasteiger partial charge in [0.1, 0.15) is 12.6 Å². The van der Waals surface area contributed by atoms with E-state index in [1.165, 1.54) is 4.88 Å². The maximum atomic E-state index is 12.2. The smallest absolute Gasteiger partial charge is 0.328 e. The SMILES string of the molecule is O=C(OCc1ccccc1Cl)C1NCCc2sccc21. The number of carbonyl (C=O) groups is 1. The summed E-state index contributed by atoms with van der Waals surface area (Å²) in [5.74, 6) is -0.246. The Hall–Kier alpha value is -1.36. The zero-order valence-electron chi connectivity index (χ0n) is 10.8. The first-order valence-electron chi connectivity index (χ1n) is 6.45. The fourth-order valence-corrected chi connectivity index (χ4v) is 3.42. The van der Waals surface area contributed by atoms with Crippen LogP contribution in [0.1, 0.15) is 22.0 Å². The molecule has 1 atom stereocenters. The summed E-state index contributed by atoms with van der Waals surface area (Å²) in [6.07, 6.45) is 0.974. The van der Waals surface area contributed by atoms with E-state index in [9.17, 15) is 4.79 Å². The minimum atomic E-state index is -0.354. The highest BCUT2D eigenvalue weighted by Gasteiger charge is 2.28. The minimum Gasteiger partial charge on any atom is -0.459 e. The molecule has 0 spiro atoms. The Bertz CT molecular complexity index is 626. The minimum absolute atomic E-state index is 0.205. The molecular formula is C15H14ClNO2S. The molecule has 104 valence electrons. The second-order valence-corrected chi connectivity index (χ2v) is 6.04. The largest absolute Gasteiger partial charge is 0.459 e. The van der Waals surface area contributed by atoms with Crippen LogP contribution >= 0.6 is 22.9 Å².